The molecule has 4 heteroatoms. The second-order valence-electron chi connectivity index (χ2n) is 4.15. The van der Waals surface area contributed by atoms with Crippen molar-refractivity contribution in [3.05, 3.63) is 0 Å². The minimum absolute atomic E-state index is 0.878. The summed E-state index contributed by atoms with van der Waals surface area (Å²) in [5.41, 5.74) is 6.46. The van der Waals surface area contributed by atoms with Crippen molar-refractivity contribution in [1.82, 2.24) is 21.1 Å². The molecule has 3 heterocycles. The van der Waals surface area contributed by atoms with Crippen LogP contribution >= 0.6 is 0 Å². The van der Waals surface area contributed by atoms with Gasteiger partial charge in [-0.2, -0.15) is 10.7 Å². The number of rotatable bonds is 0. The van der Waals surface area contributed by atoms with E-state index >= 15 is 0 Å². The van der Waals surface area contributed by atoms with Crippen LogP contribution in [0.3, 0.4) is 0 Å². The van der Waals surface area contributed by atoms with Crippen LogP contribution < -0.4 is 11.0 Å². The van der Waals surface area contributed by atoms with E-state index in [1.807, 2.05) is 0 Å². The third-order valence-corrected chi connectivity index (χ3v) is 3.42. The van der Waals surface area contributed by atoms with Crippen molar-refractivity contribution in [2.75, 3.05) is 26.2 Å². The van der Waals surface area contributed by atoms with Crippen molar-refractivity contribution in [2.45, 2.75) is 12.8 Å². The lowest BCUT2D eigenvalue weighted by Crippen LogP contribution is -2.69. The van der Waals surface area contributed by atoms with Gasteiger partial charge >= 0.3 is 0 Å². The first-order valence-electron chi connectivity index (χ1n) is 4.94. The van der Waals surface area contributed by atoms with Crippen molar-refractivity contribution in [1.29, 1.82) is 0 Å². The number of nitrogens with one attached hydrogen (secondary N) is 2. The zero-order chi connectivity index (χ0) is 7.97. The summed E-state index contributed by atoms with van der Waals surface area (Å²) in [6, 6.07) is 0. The molecule has 0 saturated carbocycles. The minimum atomic E-state index is 0.878. The molecule has 3 rings (SSSR count). The molecule has 12 heavy (non-hydrogen) atoms. The number of hydrogen-bond acceptors (Lipinski definition) is 4. The fourth-order valence-corrected chi connectivity index (χ4v) is 2.70. The lowest BCUT2D eigenvalue weighted by atomic mass is 9.84. The van der Waals surface area contributed by atoms with E-state index in [-0.39, 0.29) is 0 Å². The summed E-state index contributed by atoms with van der Waals surface area (Å²) in [5, 5.41) is 4.70. The zero-order valence-electron chi connectivity index (χ0n) is 7.29. The van der Waals surface area contributed by atoms with Crippen LogP contribution in [0.5, 0.6) is 0 Å². The second kappa shape index (κ2) is 2.67. The standard InChI is InChI=1S/C8H16N4/c1-2-7-5-11(3-1)12-6-8(7)4-9-10-12/h7-10H,1-6H2. The Labute approximate surface area is 72.8 Å². The fraction of sp³-hybridized carbons (Fsp3) is 1.00. The van der Waals surface area contributed by atoms with Crippen LogP contribution in [0.2, 0.25) is 0 Å². The predicted molar refractivity (Wildman–Crippen MR) is 45.6 cm³/mol. The molecular weight excluding hydrogens is 152 g/mol. The summed E-state index contributed by atoms with van der Waals surface area (Å²) in [4.78, 5) is 0. The molecule has 0 spiro atoms. The molecule has 0 amide bonds. The number of hydrazine groups is 3. The largest absolute Gasteiger partial charge is 0.243 e. The molecule has 68 valence electrons. The Morgan fingerprint density at radius 1 is 1.17 bits per heavy atom. The molecule has 4 nitrogen and oxygen atoms in total. The monoisotopic (exact) mass is 168 g/mol. The Bertz CT molecular complexity index is 148. The van der Waals surface area contributed by atoms with Gasteiger partial charge in [-0.05, 0) is 24.7 Å². The third-order valence-electron chi connectivity index (χ3n) is 3.42. The van der Waals surface area contributed by atoms with Crippen molar-refractivity contribution >= 4 is 0 Å². The van der Waals surface area contributed by atoms with Gasteiger partial charge in [0.2, 0.25) is 0 Å². The third kappa shape index (κ3) is 0.992. The maximum absolute atomic E-state index is 3.25. The molecule has 4 unspecified atom stereocenters. The SMILES string of the molecule is C1CC2CN(C1)N1CC2CNN1. The quantitative estimate of drug-likeness (QED) is 0.514. The van der Waals surface area contributed by atoms with E-state index in [4.69, 9.17) is 0 Å². The summed E-state index contributed by atoms with van der Waals surface area (Å²) in [5.74, 6) is 1.83. The van der Waals surface area contributed by atoms with E-state index in [2.05, 4.69) is 21.1 Å². The smallest absolute Gasteiger partial charge is 0.0348 e. The van der Waals surface area contributed by atoms with E-state index in [0.29, 0.717) is 0 Å². The normalized spacial score (nSPS) is 52.0. The van der Waals surface area contributed by atoms with E-state index in [0.717, 1.165) is 18.4 Å². The van der Waals surface area contributed by atoms with Gasteiger partial charge in [-0.3, -0.25) is 0 Å². The van der Waals surface area contributed by atoms with E-state index in [1.165, 1.54) is 32.5 Å². The average Bonchev–Trinajstić information content (AvgIpc) is 2.17. The van der Waals surface area contributed by atoms with Crippen molar-refractivity contribution < 1.29 is 0 Å². The summed E-state index contributed by atoms with van der Waals surface area (Å²) in [7, 11) is 0. The number of nitrogens with zero attached hydrogens (tertiary/aromatic N) is 2. The maximum Gasteiger partial charge on any atom is 0.0348 e. The topological polar surface area (TPSA) is 30.5 Å². The van der Waals surface area contributed by atoms with Crippen LogP contribution in [-0.2, 0) is 0 Å². The Hall–Kier alpha value is -0.160. The van der Waals surface area contributed by atoms with Gasteiger partial charge in [0.15, 0.2) is 0 Å². The highest BCUT2D eigenvalue weighted by Crippen LogP contribution is 2.30. The lowest BCUT2D eigenvalue weighted by molar-refractivity contribution is -0.180. The Morgan fingerprint density at radius 2 is 2.17 bits per heavy atom. The molecule has 0 aromatic rings. The van der Waals surface area contributed by atoms with Gasteiger partial charge in [0, 0.05) is 26.2 Å². The van der Waals surface area contributed by atoms with Crippen LogP contribution in [0.25, 0.3) is 0 Å². The highest BCUT2D eigenvalue weighted by Gasteiger charge is 2.38. The second-order valence-corrected chi connectivity index (χ2v) is 4.15. The number of fused-ring (bicyclic) bond motifs is 6. The lowest BCUT2D eigenvalue weighted by Gasteiger charge is -2.52. The molecule has 3 saturated heterocycles. The van der Waals surface area contributed by atoms with Gasteiger partial charge in [0.25, 0.3) is 0 Å². The molecule has 3 aliphatic rings. The van der Waals surface area contributed by atoms with E-state index < -0.39 is 0 Å². The van der Waals surface area contributed by atoms with Gasteiger partial charge in [0.1, 0.15) is 0 Å². The van der Waals surface area contributed by atoms with Gasteiger partial charge in [0.05, 0.1) is 0 Å². The van der Waals surface area contributed by atoms with Crippen LogP contribution in [-0.4, -0.2) is 36.3 Å². The highest BCUT2D eigenvalue weighted by atomic mass is 15.9. The molecule has 0 aliphatic carbocycles. The summed E-state index contributed by atoms with van der Waals surface area (Å²) >= 11 is 0. The van der Waals surface area contributed by atoms with E-state index in [1.54, 1.807) is 0 Å². The summed E-state index contributed by atoms with van der Waals surface area (Å²) in [6.45, 7) is 4.86. The van der Waals surface area contributed by atoms with Crippen LogP contribution in [0, 0.1) is 11.8 Å². The Balaban J connectivity index is 1.83. The van der Waals surface area contributed by atoms with Gasteiger partial charge in [-0.15, -0.1) is 0 Å². The molecule has 3 aliphatic heterocycles. The van der Waals surface area contributed by atoms with Gasteiger partial charge in [-0.1, -0.05) is 0 Å². The number of hydrogen-bond donors (Lipinski definition) is 2. The van der Waals surface area contributed by atoms with Crippen LogP contribution in [0.1, 0.15) is 12.8 Å². The predicted octanol–water partition coefficient (Wildman–Crippen LogP) is -0.432. The Kier molecular flexibility index (Phi) is 1.61. The van der Waals surface area contributed by atoms with Crippen molar-refractivity contribution in [3.8, 4) is 0 Å². The molecule has 4 atom stereocenters. The van der Waals surface area contributed by atoms with Crippen molar-refractivity contribution in [3.63, 3.8) is 0 Å². The summed E-state index contributed by atoms with van der Waals surface area (Å²) in [6.07, 6.45) is 2.82. The molecular formula is C8H16N4. The van der Waals surface area contributed by atoms with E-state index in [9.17, 15) is 0 Å². The highest BCUT2D eigenvalue weighted by molar-refractivity contribution is 4.86. The van der Waals surface area contributed by atoms with Crippen LogP contribution in [0.15, 0.2) is 0 Å². The first-order chi connectivity index (χ1) is 5.93. The molecule has 0 radical (unpaired) electrons. The molecule has 2 N–H and O–H groups in total. The van der Waals surface area contributed by atoms with Crippen LogP contribution in [0.4, 0.5) is 0 Å². The summed E-state index contributed by atoms with van der Waals surface area (Å²) < 4.78 is 0. The molecule has 3 fully saturated rings. The minimum Gasteiger partial charge on any atom is -0.243 e. The Morgan fingerprint density at radius 3 is 3.17 bits per heavy atom. The number of piperidine rings is 1. The molecule has 4 bridgehead atoms. The average molecular weight is 168 g/mol. The first-order valence-corrected chi connectivity index (χ1v) is 4.94. The maximum atomic E-state index is 3.25. The molecule has 0 aromatic carbocycles. The van der Waals surface area contributed by atoms with Gasteiger partial charge < -0.3 is 0 Å². The first kappa shape index (κ1) is 7.26. The molecule has 0 aromatic heterocycles. The van der Waals surface area contributed by atoms with Crippen molar-refractivity contribution in [2.24, 2.45) is 11.8 Å². The zero-order valence-corrected chi connectivity index (χ0v) is 7.29. The fourth-order valence-electron chi connectivity index (χ4n) is 2.70. The van der Waals surface area contributed by atoms with Gasteiger partial charge in [-0.25, -0.2) is 10.4 Å².